The average molecular weight is 297 g/mol. The molecule has 2 amide bonds. The van der Waals surface area contributed by atoms with Crippen LogP contribution in [0.1, 0.15) is 44.3 Å². The second-order valence-electron chi connectivity index (χ2n) is 5.48. The van der Waals surface area contributed by atoms with E-state index in [2.05, 4.69) is 24.1 Å². The minimum Gasteiger partial charge on any atom is -0.352 e. The lowest BCUT2D eigenvalue weighted by atomic mass is 10.2. The average Bonchev–Trinajstić information content (AvgIpc) is 2.76. The predicted octanol–water partition coefficient (Wildman–Crippen LogP) is 1.79. The molecular weight excluding hydrogens is 274 g/mol. The number of thiazole rings is 1. The van der Waals surface area contributed by atoms with Crippen LogP contribution in [0.5, 0.6) is 0 Å². The predicted molar refractivity (Wildman–Crippen MR) is 80.8 cm³/mol. The summed E-state index contributed by atoms with van der Waals surface area (Å²) in [4.78, 5) is 29.5. The van der Waals surface area contributed by atoms with Crippen LogP contribution in [0.4, 0.5) is 0 Å². The molecule has 0 atom stereocenters. The highest BCUT2D eigenvalue weighted by atomic mass is 32.1. The van der Waals surface area contributed by atoms with E-state index in [1.54, 1.807) is 18.4 Å². The Balaban J connectivity index is 2.50. The molecule has 1 rings (SSSR count). The third-order valence-corrected chi connectivity index (χ3v) is 3.85. The van der Waals surface area contributed by atoms with Gasteiger partial charge >= 0.3 is 0 Å². The molecule has 112 valence electrons. The number of carbonyl (C=O) groups excluding carboxylic acids is 2. The van der Waals surface area contributed by atoms with Crippen molar-refractivity contribution >= 4 is 23.2 Å². The van der Waals surface area contributed by atoms with E-state index >= 15 is 0 Å². The van der Waals surface area contributed by atoms with E-state index in [-0.39, 0.29) is 30.8 Å². The first-order valence-electron chi connectivity index (χ1n) is 6.77. The van der Waals surface area contributed by atoms with Gasteiger partial charge < -0.3 is 10.2 Å². The summed E-state index contributed by atoms with van der Waals surface area (Å²) in [5, 5.41) is 5.71. The molecule has 1 N–H and O–H groups in total. The molecule has 0 aliphatic carbocycles. The number of rotatable bonds is 6. The number of hydrogen-bond acceptors (Lipinski definition) is 4. The van der Waals surface area contributed by atoms with Gasteiger partial charge in [0.2, 0.25) is 11.8 Å². The Morgan fingerprint density at radius 1 is 1.35 bits per heavy atom. The largest absolute Gasteiger partial charge is 0.352 e. The molecule has 1 heterocycles. The van der Waals surface area contributed by atoms with Crippen molar-refractivity contribution in [2.75, 3.05) is 13.6 Å². The maximum atomic E-state index is 12.0. The molecule has 6 heteroatoms. The van der Waals surface area contributed by atoms with E-state index in [9.17, 15) is 9.59 Å². The maximum absolute atomic E-state index is 12.0. The van der Waals surface area contributed by atoms with Crippen molar-refractivity contribution in [1.82, 2.24) is 15.2 Å². The van der Waals surface area contributed by atoms with Crippen LogP contribution in [0.25, 0.3) is 0 Å². The summed E-state index contributed by atoms with van der Waals surface area (Å²) in [6.07, 6.45) is 0.245. The Hall–Kier alpha value is -1.43. The molecule has 0 aliphatic rings. The number of likely N-dealkylation sites (N-methyl/N-ethyl adjacent to an activating group) is 1. The van der Waals surface area contributed by atoms with Gasteiger partial charge in [-0.25, -0.2) is 4.98 Å². The highest BCUT2D eigenvalue weighted by Gasteiger charge is 2.16. The van der Waals surface area contributed by atoms with Gasteiger partial charge in [-0.05, 0) is 13.8 Å². The fourth-order valence-corrected chi connectivity index (χ4v) is 2.47. The van der Waals surface area contributed by atoms with E-state index in [1.807, 2.05) is 19.2 Å². The Bertz CT molecular complexity index is 469. The van der Waals surface area contributed by atoms with Crippen molar-refractivity contribution < 1.29 is 9.59 Å². The number of nitrogens with one attached hydrogen (secondary N) is 1. The number of hydrogen-bond donors (Lipinski definition) is 1. The van der Waals surface area contributed by atoms with E-state index in [0.29, 0.717) is 5.92 Å². The summed E-state index contributed by atoms with van der Waals surface area (Å²) >= 11 is 1.57. The van der Waals surface area contributed by atoms with Crippen molar-refractivity contribution in [3.05, 3.63) is 16.1 Å². The van der Waals surface area contributed by atoms with Crippen molar-refractivity contribution in [3.8, 4) is 0 Å². The molecule has 0 radical (unpaired) electrons. The molecule has 0 bridgehead atoms. The number of nitrogens with zero attached hydrogens (tertiary/aromatic N) is 2. The van der Waals surface area contributed by atoms with Gasteiger partial charge in [-0.15, -0.1) is 11.3 Å². The molecule has 0 unspecified atom stereocenters. The highest BCUT2D eigenvalue weighted by Crippen LogP contribution is 2.19. The van der Waals surface area contributed by atoms with Gasteiger partial charge in [-0.2, -0.15) is 0 Å². The monoisotopic (exact) mass is 297 g/mol. The molecule has 0 spiro atoms. The lowest BCUT2D eigenvalue weighted by Crippen LogP contribution is -2.41. The van der Waals surface area contributed by atoms with Crippen molar-refractivity contribution in [1.29, 1.82) is 0 Å². The number of carbonyl (C=O) groups is 2. The topological polar surface area (TPSA) is 62.3 Å². The molecule has 0 fully saturated rings. The number of amides is 2. The zero-order valence-electron chi connectivity index (χ0n) is 12.8. The molecular formula is C14H23N3O2S. The van der Waals surface area contributed by atoms with Crippen LogP contribution in [0.15, 0.2) is 5.38 Å². The molecule has 0 saturated heterocycles. The summed E-state index contributed by atoms with van der Waals surface area (Å²) in [5.41, 5.74) is 0.778. The normalized spacial score (nSPS) is 10.9. The van der Waals surface area contributed by atoms with Crippen LogP contribution in [-0.2, 0) is 16.0 Å². The summed E-state index contributed by atoms with van der Waals surface area (Å²) in [6, 6.07) is 0.0816. The molecule has 0 aromatic carbocycles. The smallest absolute Gasteiger partial charge is 0.239 e. The zero-order valence-corrected chi connectivity index (χ0v) is 13.6. The first-order valence-corrected chi connectivity index (χ1v) is 7.65. The van der Waals surface area contributed by atoms with Crippen LogP contribution in [0.3, 0.4) is 0 Å². The van der Waals surface area contributed by atoms with Gasteiger partial charge in [-0.3, -0.25) is 9.59 Å². The first kappa shape index (κ1) is 16.6. The van der Waals surface area contributed by atoms with Gasteiger partial charge in [0.25, 0.3) is 0 Å². The lowest BCUT2D eigenvalue weighted by molar-refractivity contribution is -0.134. The van der Waals surface area contributed by atoms with E-state index in [1.165, 1.54) is 4.90 Å². The zero-order chi connectivity index (χ0) is 15.3. The standard InChI is InChI=1S/C14H23N3O2S/c1-9(2)14-16-11(8-20-14)6-13(19)17(5)7-12(18)15-10(3)4/h8-10H,6-7H2,1-5H3,(H,15,18). The Morgan fingerprint density at radius 2 is 2.00 bits per heavy atom. The molecule has 20 heavy (non-hydrogen) atoms. The van der Waals surface area contributed by atoms with Crippen LogP contribution in [0.2, 0.25) is 0 Å². The third-order valence-electron chi connectivity index (χ3n) is 2.65. The SMILES string of the molecule is CC(C)NC(=O)CN(C)C(=O)Cc1csc(C(C)C)n1. The van der Waals surface area contributed by atoms with Crippen molar-refractivity contribution in [2.24, 2.45) is 0 Å². The summed E-state index contributed by atoms with van der Waals surface area (Å²) < 4.78 is 0. The fourth-order valence-electron chi connectivity index (χ4n) is 1.63. The number of aromatic nitrogens is 1. The van der Waals surface area contributed by atoms with Crippen LogP contribution >= 0.6 is 11.3 Å². The van der Waals surface area contributed by atoms with E-state index in [4.69, 9.17) is 0 Å². The minimum absolute atomic E-state index is 0.0815. The summed E-state index contributed by atoms with van der Waals surface area (Å²) in [5.74, 6) is 0.139. The van der Waals surface area contributed by atoms with Gasteiger partial charge in [0, 0.05) is 24.4 Å². The molecule has 0 aliphatic heterocycles. The first-order chi connectivity index (χ1) is 9.29. The molecule has 5 nitrogen and oxygen atoms in total. The molecule has 1 aromatic rings. The van der Waals surface area contributed by atoms with Crippen LogP contribution in [-0.4, -0.2) is 41.3 Å². The lowest BCUT2D eigenvalue weighted by Gasteiger charge is -2.17. The quantitative estimate of drug-likeness (QED) is 0.871. The van der Waals surface area contributed by atoms with Gasteiger partial charge in [-0.1, -0.05) is 13.8 Å². The Labute approximate surface area is 124 Å². The van der Waals surface area contributed by atoms with Crippen molar-refractivity contribution in [2.45, 2.75) is 46.1 Å². The summed E-state index contributed by atoms with van der Waals surface area (Å²) in [6.45, 7) is 8.02. The molecule has 1 aromatic heterocycles. The van der Waals surface area contributed by atoms with Gasteiger partial charge in [0.1, 0.15) is 0 Å². The van der Waals surface area contributed by atoms with Crippen molar-refractivity contribution in [3.63, 3.8) is 0 Å². The Morgan fingerprint density at radius 3 is 2.50 bits per heavy atom. The second-order valence-corrected chi connectivity index (χ2v) is 6.37. The Kier molecular flexibility index (Phi) is 6.13. The molecule has 0 saturated carbocycles. The third kappa shape index (κ3) is 5.28. The fraction of sp³-hybridized carbons (Fsp3) is 0.643. The highest BCUT2D eigenvalue weighted by molar-refractivity contribution is 7.09. The van der Waals surface area contributed by atoms with Crippen LogP contribution in [0, 0.1) is 0 Å². The van der Waals surface area contributed by atoms with Gasteiger partial charge in [0.05, 0.1) is 23.7 Å². The van der Waals surface area contributed by atoms with E-state index < -0.39 is 0 Å². The second kappa shape index (κ2) is 7.38. The van der Waals surface area contributed by atoms with Crippen LogP contribution < -0.4 is 5.32 Å². The van der Waals surface area contributed by atoms with Gasteiger partial charge in [0.15, 0.2) is 0 Å². The minimum atomic E-state index is -0.142. The maximum Gasteiger partial charge on any atom is 0.239 e. The summed E-state index contributed by atoms with van der Waals surface area (Å²) in [7, 11) is 1.64. The van der Waals surface area contributed by atoms with E-state index in [0.717, 1.165) is 10.7 Å².